The number of primary amides is 1. The van der Waals surface area contributed by atoms with E-state index in [1.165, 1.54) is 0 Å². The third-order valence-corrected chi connectivity index (χ3v) is 8.94. The highest BCUT2D eigenvalue weighted by atomic mass is 16.4. The second kappa shape index (κ2) is 21.1. The number of nitrogens with two attached hydrogens (primary N) is 2. The molecule has 6 amide bonds. The minimum Gasteiger partial charge on any atom is -0.481 e. The first kappa shape index (κ1) is 42.6. The number of carbonyl (C=O) groups is 7. The van der Waals surface area contributed by atoms with Crippen LogP contribution in [0.15, 0.2) is 60.8 Å². The van der Waals surface area contributed by atoms with E-state index in [4.69, 9.17) is 11.5 Å². The van der Waals surface area contributed by atoms with Gasteiger partial charge in [0, 0.05) is 43.0 Å². The van der Waals surface area contributed by atoms with Gasteiger partial charge in [-0.05, 0) is 30.0 Å². The zero-order valence-electron chi connectivity index (χ0n) is 30.7. The van der Waals surface area contributed by atoms with Crippen molar-refractivity contribution in [3.63, 3.8) is 0 Å². The number of rotatable bonds is 22. The number of carboxylic acids is 1. The van der Waals surface area contributed by atoms with Gasteiger partial charge < -0.3 is 48.1 Å². The first-order chi connectivity index (χ1) is 25.8. The van der Waals surface area contributed by atoms with E-state index in [1.807, 2.05) is 38.1 Å². The van der Waals surface area contributed by atoms with Crippen LogP contribution in [0.2, 0.25) is 0 Å². The van der Waals surface area contributed by atoms with Gasteiger partial charge >= 0.3 is 17.8 Å². The molecule has 292 valence electrons. The van der Waals surface area contributed by atoms with Crippen LogP contribution in [0, 0.1) is 0 Å². The van der Waals surface area contributed by atoms with Gasteiger partial charge in [-0.15, -0.1) is 0 Å². The maximum Gasteiger partial charge on any atom is 0.309 e. The Morgan fingerprint density at radius 1 is 0.759 bits per heavy atom. The van der Waals surface area contributed by atoms with E-state index >= 15 is 0 Å². The number of unbranched alkanes of at least 4 members (excludes halogenated alkanes) is 3. The topological polar surface area (TPSA) is 268 Å². The first-order valence-electron chi connectivity index (χ1n) is 18.1. The third-order valence-electron chi connectivity index (χ3n) is 8.94. The van der Waals surface area contributed by atoms with Crippen LogP contribution in [0.3, 0.4) is 0 Å². The van der Waals surface area contributed by atoms with E-state index < -0.39 is 78.0 Å². The molecule has 0 spiro atoms. The molecule has 0 aliphatic heterocycles. The second-order valence-corrected chi connectivity index (χ2v) is 13.3. The Morgan fingerprint density at radius 3 is 2.11 bits per heavy atom. The number of amides is 6. The van der Waals surface area contributed by atoms with Crippen LogP contribution in [-0.2, 0) is 46.4 Å². The molecule has 1 aromatic heterocycles. The predicted octanol–water partition coefficient (Wildman–Crippen LogP) is 0.678. The molecule has 16 heteroatoms. The van der Waals surface area contributed by atoms with Crippen LogP contribution < -0.4 is 38.1 Å². The lowest BCUT2D eigenvalue weighted by Crippen LogP contribution is -2.65. The van der Waals surface area contributed by atoms with Gasteiger partial charge in [0.05, 0.1) is 6.42 Å². The van der Waals surface area contributed by atoms with E-state index in [2.05, 4.69) is 31.6 Å². The summed E-state index contributed by atoms with van der Waals surface area (Å²) in [6.07, 6.45) is 4.37. The highest BCUT2D eigenvalue weighted by molar-refractivity contribution is 6.35. The summed E-state index contributed by atoms with van der Waals surface area (Å²) in [5, 5.41) is 22.9. The van der Waals surface area contributed by atoms with E-state index in [-0.39, 0.29) is 19.3 Å². The van der Waals surface area contributed by atoms with Crippen molar-refractivity contribution in [1.29, 1.82) is 0 Å². The van der Waals surface area contributed by atoms with Crippen molar-refractivity contribution in [2.75, 3.05) is 13.1 Å². The van der Waals surface area contributed by atoms with Crippen LogP contribution in [0.5, 0.6) is 0 Å². The molecular weight excluding hydrogens is 696 g/mol. The van der Waals surface area contributed by atoms with Crippen LogP contribution in [0.1, 0.15) is 69.9 Å². The molecule has 11 N–H and O–H groups in total. The number of benzene rings is 2. The fourth-order valence-corrected chi connectivity index (χ4v) is 5.78. The largest absolute Gasteiger partial charge is 0.481 e. The van der Waals surface area contributed by atoms with Crippen molar-refractivity contribution in [1.82, 2.24) is 31.6 Å². The number of aromatic amines is 1. The third kappa shape index (κ3) is 13.0. The van der Waals surface area contributed by atoms with Gasteiger partial charge in [0.15, 0.2) is 0 Å². The lowest BCUT2D eigenvalue weighted by molar-refractivity contribution is -0.141. The molecule has 0 saturated heterocycles. The molecule has 54 heavy (non-hydrogen) atoms. The lowest BCUT2D eigenvalue weighted by Gasteiger charge is -2.31. The Labute approximate surface area is 313 Å². The van der Waals surface area contributed by atoms with Crippen LogP contribution in [-0.4, -0.2) is 88.3 Å². The average Bonchev–Trinajstić information content (AvgIpc) is 3.56. The summed E-state index contributed by atoms with van der Waals surface area (Å²) >= 11 is 0. The van der Waals surface area contributed by atoms with Gasteiger partial charge in [-0.25, -0.2) is 0 Å². The number of nitrogens with one attached hydrogen (secondary N) is 6. The van der Waals surface area contributed by atoms with Crippen LogP contribution in [0.4, 0.5) is 0 Å². The minimum atomic E-state index is -1.85. The van der Waals surface area contributed by atoms with Crippen molar-refractivity contribution >= 4 is 52.3 Å². The van der Waals surface area contributed by atoms with Crippen molar-refractivity contribution in [2.45, 2.75) is 95.3 Å². The average molecular weight is 749 g/mol. The Hall–Kier alpha value is -5.77. The summed E-state index contributed by atoms with van der Waals surface area (Å²) in [6, 6.07) is 11.9. The quantitative estimate of drug-likeness (QED) is 0.0516. The number of carboxylic acid groups (broad SMARTS) is 1. The summed E-state index contributed by atoms with van der Waals surface area (Å²) < 4.78 is 0. The Bertz CT molecular complexity index is 1760. The summed E-state index contributed by atoms with van der Waals surface area (Å²) in [7, 11) is 0. The molecule has 3 rings (SSSR count). The van der Waals surface area contributed by atoms with Crippen LogP contribution >= 0.6 is 0 Å². The Morgan fingerprint density at radius 2 is 1.44 bits per heavy atom. The Kier molecular flexibility index (Phi) is 16.6. The van der Waals surface area contributed by atoms with Crippen LogP contribution in [0.25, 0.3) is 10.9 Å². The number of hydrogen-bond donors (Lipinski definition) is 9. The van der Waals surface area contributed by atoms with Gasteiger partial charge in [0.2, 0.25) is 23.6 Å². The van der Waals surface area contributed by atoms with Crippen molar-refractivity contribution in [2.24, 2.45) is 11.5 Å². The molecule has 1 heterocycles. The molecular formula is C38H52N8O8. The summed E-state index contributed by atoms with van der Waals surface area (Å²) in [5.74, 6) is -6.83. The zero-order valence-corrected chi connectivity index (χ0v) is 30.7. The van der Waals surface area contributed by atoms with Crippen molar-refractivity contribution < 1.29 is 38.7 Å². The fraction of sp³-hybridized carbons (Fsp3) is 0.447. The number of fused-ring (bicyclic) bond motifs is 1. The smallest absolute Gasteiger partial charge is 0.309 e. The number of hydrogen-bond acceptors (Lipinski definition) is 8. The predicted molar refractivity (Wildman–Crippen MR) is 201 cm³/mol. The summed E-state index contributed by atoms with van der Waals surface area (Å²) in [4.78, 5) is 93.6. The molecule has 16 nitrogen and oxygen atoms in total. The van der Waals surface area contributed by atoms with Gasteiger partial charge in [0.25, 0.3) is 0 Å². The lowest BCUT2D eigenvalue weighted by atomic mass is 9.91. The number of aliphatic carboxylic acids is 1. The van der Waals surface area contributed by atoms with E-state index in [0.29, 0.717) is 36.9 Å². The monoisotopic (exact) mass is 748 g/mol. The maximum atomic E-state index is 13.8. The van der Waals surface area contributed by atoms with Gasteiger partial charge in [-0.2, -0.15) is 0 Å². The zero-order chi connectivity index (χ0) is 39.7. The molecule has 0 fully saturated rings. The number of carbonyl (C=O) groups excluding carboxylic acids is 6. The first-order valence-corrected chi connectivity index (χ1v) is 18.1. The highest BCUT2D eigenvalue weighted by Crippen LogP contribution is 2.20. The normalized spacial score (nSPS) is 13.8. The van der Waals surface area contributed by atoms with E-state index in [9.17, 15) is 38.7 Å². The summed E-state index contributed by atoms with van der Waals surface area (Å²) in [6.45, 7) is 3.68. The number of para-hydroxylation sites is 1. The second-order valence-electron chi connectivity index (χ2n) is 13.3. The number of aromatic nitrogens is 1. The Balaban J connectivity index is 1.80. The van der Waals surface area contributed by atoms with Crippen molar-refractivity contribution in [3.05, 3.63) is 71.9 Å². The number of H-pyrrole nitrogens is 1. The fourth-order valence-electron chi connectivity index (χ4n) is 5.78. The molecule has 0 aliphatic rings. The minimum absolute atomic E-state index is 0.0195. The van der Waals surface area contributed by atoms with Gasteiger partial charge in [-0.3, -0.25) is 33.6 Å². The highest BCUT2D eigenvalue weighted by Gasteiger charge is 2.38. The molecule has 3 aromatic rings. The summed E-state index contributed by atoms with van der Waals surface area (Å²) in [5.41, 5.74) is 12.5. The van der Waals surface area contributed by atoms with E-state index in [0.717, 1.165) is 23.7 Å². The molecule has 4 atom stereocenters. The van der Waals surface area contributed by atoms with Crippen molar-refractivity contribution in [3.8, 4) is 0 Å². The SMILES string of the molecule is CCCCCNC(=O)C(=O)N[C@@H](Cc1c[nH]c2ccccc12)C(=O)NC[C@@](N)(CCCC)C(=O)N[C@@H](CC(=O)O)C(=O)N[C@@H](Cc1ccccc1)C(N)=O. The van der Waals surface area contributed by atoms with Gasteiger partial charge in [-0.1, -0.05) is 88.1 Å². The molecule has 0 radical (unpaired) electrons. The molecule has 0 bridgehead atoms. The van der Waals surface area contributed by atoms with E-state index in [1.54, 1.807) is 36.5 Å². The molecule has 2 aromatic carbocycles. The molecule has 0 unspecified atom stereocenters. The molecule has 0 aliphatic carbocycles. The standard InChI is InChI=1S/C38H52N8O8/c1-3-5-12-18-41-35(52)36(53)45-29(20-25-22-42-27-16-11-10-15-26(25)27)33(50)43-23-38(40,17-6-4-2)37(54)46-30(21-31(47)48)34(51)44-28(32(39)49)19-24-13-8-7-9-14-24/h7-11,13-16,22,28-30,42H,3-6,12,17-21,23,40H2,1-2H3,(H2,39,49)(H,41,52)(H,43,50)(H,44,51)(H,45,53)(H,46,54)(H,47,48)/t28-,29-,30-,38-/m0/s1. The maximum absolute atomic E-state index is 13.8. The molecule has 0 saturated carbocycles. The van der Waals surface area contributed by atoms with Gasteiger partial charge in [0.1, 0.15) is 23.7 Å².